The van der Waals surface area contributed by atoms with Crippen LogP contribution in [0.3, 0.4) is 0 Å². The second-order valence-electron chi connectivity index (χ2n) is 7.06. The molecule has 0 radical (unpaired) electrons. The van der Waals surface area contributed by atoms with E-state index in [1.54, 1.807) is 0 Å². The molecule has 0 atom stereocenters. The monoisotopic (exact) mass is 427 g/mol. The van der Waals surface area contributed by atoms with Crippen LogP contribution in [0, 0.1) is 13.8 Å². The number of benzene rings is 3. The first kappa shape index (κ1) is 18.6. The molecule has 0 aliphatic heterocycles. The van der Waals surface area contributed by atoms with Gasteiger partial charge in [-0.3, -0.25) is 0 Å². The quantitative estimate of drug-likeness (QED) is 0.451. The normalized spacial score (nSPS) is 10.8. The minimum absolute atomic E-state index is 0.672. The van der Waals surface area contributed by atoms with Gasteiger partial charge in [-0.05, 0) is 19.9 Å². The maximum atomic E-state index is 4.79. The number of hydrogen-bond acceptors (Lipinski definition) is 3. The highest BCUT2D eigenvalue weighted by atomic mass is 79.9. The Hall–Kier alpha value is -2.79. The lowest BCUT2D eigenvalue weighted by Crippen LogP contribution is -2.05. The molecule has 0 saturated carbocycles. The minimum Gasteiger partial charge on any atom is -0.208 e. The second kappa shape index (κ2) is 7.68. The topological polar surface area (TPSA) is 38.7 Å². The van der Waals surface area contributed by atoms with E-state index in [1.807, 2.05) is 6.07 Å². The molecule has 0 amide bonds. The van der Waals surface area contributed by atoms with E-state index in [0.717, 1.165) is 26.6 Å². The van der Waals surface area contributed by atoms with Crippen molar-refractivity contribution in [1.82, 2.24) is 15.0 Å². The minimum atomic E-state index is 0.672. The van der Waals surface area contributed by atoms with Crippen LogP contribution in [0.15, 0.2) is 71.2 Å². The molecule has 0 aliphatic rings. The third-order valence-electron chi connectivity index (χ3n) is 4.56. The van der Waals surface area contributed by atoms with Crippen molar-refractivity contribution in [3.63, 3.8) is 0 Å². The van der Waals surface area contributed by atoms with Crippen LogP contribution in [-0.2, 0) is 0 Å². The van der Waals surface area contributed by atoms with Gasteiger partial charge in [0.2, 0.25) is 0 Å². The summed E-state index contributed by atoms with van der Waals surface area (Å²) in [6.45, 7) is 4.15. The molecule has 3 aromatic carbocycles. The van der Waals surface area contributed by atoms with Crippen molar-refractivity contribution in [3.8, 4) is 34.2 Å². The molecule has 5 heteroatoms. The van der Waals surface area contributed by atoms with E-state index in [2.05, 4.69) is 98.3 Å². The van der Waals surface area contributed by atoms with Gasteiger partial charge < -0.3 is 0 Å². The summed E-state index contributed by atoms with van der Waals surface area (Å²) in [4.78, 5) is 14.3. The first-order chi connectivity index (χ1) is 13.5. The number of halogens is 1. The van der Waals surface area contributed by atoms with Gasteiger partial charge in [0.25, 0.3) is 0 Å². The van der Waals surface area contributed by atoms with Crippen molar-refractivity contribution >= 4 is 29.2 Å². The molecule has 0 saturated heterocycles. The third-order valence-corrected chi connectivity index (χ3v) is 5.01. The van der Waals surface area contributed by atoms with Crippen LogP contribution in [0.2, 0.25) is 0 Å². The molecule has 0 N–H and O–H groups in total. The second-order valence-corrected chi connectivity index (χ2v) is 7.97. The molecule has 0 fully saturated rings. The number of aryl methyl sites for hydroxylation is 2. The van der Waals surface area contributed by atoms with Gasteiger partial charge in [-0.25, -0.2) is 15.0 Å². The molecule has 0 bridgehead atoms. The Morgan fingerprint density at radius 2 is 1.04 bits per heavy atom. The number of rotatable bonds is 3. The zero-order valence-electron chi connectivity index (χ0n) is 16.1. The Labute approximate surface area is 174 Å². The van der Waals surface area contributed by atoms with E-state index in [9.17, 15) is 0 Å². The van der Waals surface area contributed by atoms with Crippen molar-refractivity contribution < 1.29 is 0 Å². The smallest absolute Gasteiger partial charge is 0.164 e. The van der Waals surface area contributed by atoms with E-state index in [4.69, 9.17) is 15.0 Å². The fraction of sp³-hybridized carbons (Fsp3) is 0.0870. The van der Waals surface area contributed by atoms with Gasteiger partial charge in [-0.2, -0.15) is 0 Å². The van der Waals surface area contributed by atoms with Gasteiger partial charge in [0.15, 0.2) is 17.5 Å². The summed E-state index contributed by atoms with van der Waals surface area (Å²) in [5.41, 5.74) is 6.50. The SMILES string of the molecule is Bc1cc(Br)cc(-c2nc(-c3ccc(C)cc3)nc(-c3ccc(C)cc3)n2)c1. The van der Waals surface area contributed by atoms with Gasteiger partial charge in [-0.1, -0.05) is 93.2 Å². The zero-order chi connectivity index (χ0) is 19.7. The lowest BCUT2D eigenvalue weighted by atomic mass is 9.94. The fourth-order valence-electron chi connectivity index (χ4n) is 3.03. The molecule has 28 heavy (non-hydrogen) atoms. The van der Waals surface area contributed by atoms with Crippen molar-refractivity contribution in [2.75, 3.05) is 0 Å². The molecule has 4 aromatic rings. The van der Waals surface area contributed by atoms with Crippen LogP contribution in [-0.4, -0.2) is 22.8 Å². The van der Waals surface area contributed by atoms with E-state index < -0.39 is 0 Å². The van der Waals surface area contributed by atoms with Gasteiger partial charge in [0, 0.05) is 21.2 Å². The Kier molecular flexibility index (Phi) is 5.10. The highest BCUT2D eigenvalue weighted by molar-refractivity contribution is 9.10. The van der Waals surface area contributed by atoms with Crippen LogP contribution in [0.25, 0.3) is 34.2 Å². The summed E-state index contributed by atoms with van der Waals surface area (Å²) < 4.78 is 1.01. The largest absolute Gasteiger partial charge is 0.208 e. The molecular formula is C23H19BBrN3. The number of nitrogens with zero attached hydrogens (tertiary/aromatic N) is 3. The van der Waals surface area contributed by atoms with Crippen molar-refractivity contribution in [3.05, 3.63) is 82.3 Å². The maximum Gasteiger partial charge on any atom is 0.164 e. The van der Waals surface area contributed by atoms with E-state index in [0.29, 0.717) is 17.5 Å². The Balaban J connectivity index is 1.92. The average molecular weight is 428 g/mol. The molecule has 136 valence electrons. The molecular weight excluding hydrogens is 409 g/mol. The molecule has 1 heterocycles. The zero-order valence-corrected chi connectivity index (χ0v) is 17.7. The molecule has 0 unspecified atom stereocenters. The molecule has 1 aromatic heterocycles. The average Bonchev–Trinajstić information content (AvgIpc) is 2.68. The molecule has 3 nitrogen and oxygen atoms in total. The van der Waals surface area contributed by atoms with Crippen LogP contribution in [0.1, 0.15) is 11.1 Å². The first-order valence-electron chi connectivity index (χ1n) is 9.16. The Morgan fingerprint density at radius 3 is 1.46 bits per heavy atom. The predicted octanol–water partition coefficient (Wildman–Crippen LogP) is 4.51. The van der Waals surface area contributed by atoms with E-state index in [1.165, 1.54) is 11.1 Å². The predicted molar refractivity (Wildman–Crippen MR) is 121 cm³/mol. The molecule has 4 rings (SSSR count). The lowest BCUT2D eigenvalue weighted by Gasteiger charge is -2.09. The fourth-order valence-corrected chi connectivity index (χ4v) is 3.64. The third kappa shape index (κ3) is 4.05. The van der Waals surface area contributed by atoms with Crippen molar-refractivity contribution in [1.29, 1.82) is 0 Å². The summed E-state index contributed by atoms with van der Waals surface area (Å²) in [6.07, 6.45) is 0. The first-order valence-corrected chi connectivity index (χ1v) is 9.95. The van der Waals surface area contributed by atoms with Gasteiger partial charge in [0.1, 0.15) is 7.85 Å². The maximum absolute atomic E-state index is 4.79. The Bertz CT molecular complexity index is 1060. The van der Waals surface area contributed by atoms with Crippen LogP contribution in [0.4, 0.5) is 0 Å². The highest BCUT2D eigenvalue weighted by Gasteiger charge is 2.12. The molecule has 0 spiro atoms. The van der Waals surface area contributed by atoms with E-state index >= 15 is 0 Å². The van der Waals surface area contributed by atoms with Gasteiger partial charge in [-0.15, -0.1) is 0 Å². The summed E-state index contributed by atoms with van der Waals surface area (Å²) in [5, 5.41) is 0. The Morgan fingerprint density at radius 1 is 0.607 bits per heavy atom. The summed E-state index contributed by atoms with van der Waals surface area (Å²) in [5.74, 6) is 2.03. The highest BCUT2D eigenvalue weighted by Crippen LogP contribution is 2.26. The number of aromatic nitrogens is 3. The molecule has 0 aliphatic carbocycles. The van der Waals surface area contributed by atoms with Gasteiger partial charge in [0.05, 0.1) is 0 Å². The lowest BCUT2D eigenvalue weighted by molar-refractivity contribution is 1.07. The van der Waals surface area contributed by atoms with Crippen LogP contribution in [0.5, 0.6) is 0 Å². The van der Waals surface area contributed by atoms with Crippen molar-refractivity contribution in [2.24, 2.45) is 0 Å². The van der Waals surface area contributed by atoms with Crippen LogP contribution >= 0.6 is 15.9 Å². The summed E-state index contributed by atoms with van der Waals surface area (Å²) in [7, 11) is 2.07. The standard InChI is InChI=1S/C23H19BBrN3/c1-14-3-7-16(8-4-14)21-26-22(17-9-5-15(2)6-10-17)28-23(27-21)18-11-19(24)13-20(25)12-18/h3-13H,24H2,1-2H3. The summed E-state index contributed by atoms with van der Waals surface area (Å²) >= 11 is 3.58. The van der Waals surface area contributed by atoms with Gasteiger partial charge >= 0.3 is 0 Å². The van der Waals surface area contributed by atoms with E-state index in [-0.39, 0.29) is 0 Å². The van der Waals surface area contributed by atoms with Crippen molar-refractivity contribution in [2.45, 2.75) is 13.8 Å². The summed E-state index contributed by atoms with van der Waals surface area (Å²) in [6, 6.07) is 22.7. The van der Waals surface area contributed by atoms with Crippen LogP contribution < -0.4 is 5.46 Å². The number of hydrogen-bond donors (Lipinski definition) is 0.